The molecule has 0 aliphatic heterocycles. The summed E-state index contributed by atoms with van der Waals surface area (Å²) in [7, 11) is -3.83. The Morgan fingerprint density at radius 1 is 0.943 bits per heavy atom. The van der Waals surface area contributed by atoms with Crippen LogP contribution in [0.5, 0.6) is 5.75 Å². The van der Waals surface area contributed by atoms with Crippen molar-refractivity contribution >= 4 is 38.5 Å². The molecule has 0 bridgehead atoms. The lowest BCUT2D eigenvalue weighted by Crippen LogP contribution is -2.14. The van der Waals surface area contributed by atoms with Gasteiger partial charge in [0, 0.05) is 5.69 Å². The van der Waals surface area contributed by atoms with Crippen LogP contribution in [0.3, 0.4) is 0 Å². The number of primary sulfonamides is 1. The molecule has 4 aromatic carbocycles. The van der Waals surface area contributed by atoms with E-state index >= 15 is 0 Å². The van der Waals surface area contributed by atoms with Gasteiger partial charge in [0.05, 0.1) is 4.90 Å². The molecule has 4 rings (SSSR count). The number of nitrogens with zero attached hydrogens (tertiary/aromatic N) is 1. The van der Waals surface area contributed by atoms with E-state index < -0.39 is 15.9 Å². The molecule has 0 saturated heterocycles. The highest BCUT2D eigenvalue weighted by atomic mass is 32.2. The van der Waals surface area contributed by atoms with Gasteiger partial charge in [-0.3, -0.25) is 4.79 Å². The molecule has 0 fully saturated rings. The highest BCUT2D eigenvalue weighted by Crippen LogP contribution is 2.22. The first-order valence-electron chi connectivity index (χ1n) is 10.6. The fourth-order valence-corrected chi connectivity index (χ4v) is 4.00. The average Bonchev–Trinajstić information content (AvgIpc) is 2.86. The normalized spacial score (nSPS) is 11.6. The summed E-state index contributed by atoms with van der Waals surface area (Å²) in [5.74, 6) is 0.0418. The lowest BCUT2D eigenvalue weighted by Gasteiger charge is -2.09. The molecule has 174 valence electrons. The molecule has 0 aliphatic carbocycles. The molecular weight excluding hydrogens is 462 g/mol. The third kappa shape index (κ3) is 5.92. The van der Waals surface area contributed by atoms with Gasteiger partial charge in [-0.2, -0.15) is 5.26 Å². The monoisotopic (exact) mass is 483 g/mol. The largest absolute Gasteiger partial charge is 0.489 e. The second kappa shape index (κ2) is 10.2. The van der Waals surface area contributed by atoms with Gasteiger partial charge in [-0.05, 0) is 64.4 Å². The van der Waals surface area contributed by atoms with Crippen molar-refractivity contribution in [3.05, 3.63) is 108 Å². The average molecular weight is 484 g/mol. The number of rotatable bonds is 7. The number of nitrogens with two attached hydrogens (primary N) is 1. The topological polar surface area (TPSA) is 122 Å². The Labute approximate surface area is 203 Å². The molecule has 0 unspecified atom stereocenters. The van der Waals surface area contributed by atoms with Gasteiger partial charge in [0.2, 0.25) is 10.0 Å². The highest BCUT2D eigenvalue weighted by Gasteiger charge is 2.12. The van der Waals surface area contributed by atoms with Crippen molar-refractivity contribution < 1.29 is 17.9 Å². The second-order valence-corrected chi connectivity index (χ2v) is 9.25. The van der Waals surface area contributed by atoms with Crippen LogP contribution >= 0.6 is 0 Å². The first-order chi connectivity index (χ1) is 16.8. The number of carbonyl (C=O) groups is 1. The number of amides is 1. The summed E-state index contributed by atoms with van der Waals surface area (Å²) < 4.78 is 28.6. The zero-order chi connectivity index (χ0) is 24.8. The van der Waals surface area contributed by atoms with Crippen LogP contribution in [-0.2, 0) is 21.4 Å². The quantitative estimate of drug-likeness (QED) is 0.294. The van der Waals surface area contributed by atoms with Crippen LogP contribution in [0.2, 0.25) is 0 Å². The summed E-state index contributed by atoms with van der Waals surface area (Å²) in [4.78, 5) is 12.4. The Morgan fingerprint density at radius 3 is 2.31 bits per heavy atom. The van der Waals surface area contributed by atoms with E-state index in [1.165, 1.54) is 30.3 Å². The van der Waals surface area contributed by atoms with E-state index in [1.54, 1.807) is 24.3 Å². The zero-order valence-corrected chi connectivity index (χ0v) is 19.3. The fourth-order valence-electron chi connectivity index (χ4n) is 3.48. The summed E-state index contributed by atoms with van der Waals surface area (Å²) in [6.07, 6.45) is 1.46. The number of benzene rings is 4. The smallest absolute Gasteiger partial charge is 0.266 e. The highest BCUT2D eigenvalue weighted by molar-refractivity contribution is 7.89. The third-order valence-corrected chi connectivity index (χ3v) is 6.20. The van der Waals surface area contributed by atoms with Gasteiger partial charge >= 0.3 is 0 Å². The van der Waals surface area contributed by atoms with E-state index in [2.05, 4.69) is 23.5 Å². The van der Waals surface area contributed by atoms with Crippen LogP contribution in [0.1, 0.15) is 11.1 Å². The Bertz CT molecular complexity index is 1550. The van der Waals surface area contributed by atoms with Gasteiger partial charge in [0.1, 0.15) is 24.0 Å². The Morgan fingerprint density at radius 2 is 1.63 bits per heavy atom. The Kier molecular flexibility index (Phi) is 6.92. The zero-order valence-electron chi connectivity index (χ0n) is 18.5. The molecule has 0 spiro atoms. The van der Waals surface area contributed by atoms with Crippen LogP contribution in [0.4, 0.5) is 5.69 Å². The molecule has 1 amide bonds. The Balaban J connectivity index is 1.42. The van der Waals surface area contributed by atoms with Gasteiger partial charge < -0.3 is 10.1 Å². The molecule has 35 heavy (non-hydrogen) atoms. The number of nitrogens with one attached hydrogen (secondary N) is 1. The number of nitriles is 1. The number of fused-ring (bicyclic) bond motifs is 1. The third-order valence-electron chi connectivity index (χ3n) is 5.27. The maximum atomic E-state index is 12.5. The first-order valence-corrected chi connectivity index (χ1v) is 12.1. The molecule has 0 aromatic heterocycles. The van der Waals surface area contributed by atoms with Crippen molar-refractivity contribution in [1.29, 1.82) is 5.26 Å². The summed E-state index contributed by atoms with van der Waals surface area (Å²) in [6.45, 7) is 0.409. The SMILES string of the molecule is N#C/C(=C/c1ccc(OCc2cccc3ccccc23)cc1)C(=O)Nc1ccc(S(N)(=O)=O)cc1. The maximum absolute atomic E-state index is 12.5. The van der Waals surface area contributed by atoms with E-state index in [4.69, 9.17) is 9.88 Å². The predicted octanol–water partition coefficient (Wildman–Crippen LogP) is 4.61. The lowest BCUT2D eigenvalue weighted by atomic mass is 10.1. The number of hydrogen-bond acceptors (Lipinski definition) is 5. The summed E-state index contributed by atoms with van der Waals surface area (Å²) in [5.41, 5.74) is 1.96. The molecule has 0 saturated carbocycles. The van der Waals surface area contributed by atoms with Gasteiger partial charge in [0.25, 0.3) is 5.91 Å². The van der Waals surface area contributed by atoms with Crippen molar-refractivity contribution in [2.75, 3.05) is 5.32 Å². The van der Waals surface area contributed by atoms with Crippen LogP contribution in [0, 0.1) is 11.3 Å². The molecule has 0 atom stereocenters. The van der Waals surface area contributed by atoms with Gasteiger partial charge in [-0.25, -0.2) is 13.6 Å². The molecule has 3 N–H and O–H groups in total. The van der Waals surface area contributed by atoms with Crippen LogP contribution in [0.15, 0.2) is 101 Å². The predicted molar refractivity (Wildman–Crippen MR) is 135 cm³/mol. The van der Waals surface area contributed by atoms with Gasteiger partial charge in [-0.15, -0.1) is 0 Å². The number of sulfonamides is 1. The first kappa shape index (κ1) is 23.7. The van der Waals surface area contributed by atoms with Crippen molar-refractivity contribution in [2.24, 2.45) is 5.14 Å². The molecular formula is C27H21N3O4S. The van der Waals surface area contributed by atoms with Crippen LogP contribution in [0.25, 0.3) is 16.8 Å². The lowest BCUT2D eigenvalue weighted by molar-refractivity contribution is -0.112. The Hall–Kier alpha value is -4.45. The van der Waals surface area contributed by atoms with E-state index in [1.807, 2.05) is 30.3 Å². The van der Waals surface area contributed by atoms with Crippen molar-refractivity contribution in [2.45, 2.75) is 11.5 Å². The van der Waals surface area contributed by atoms with E-state index in [0.29, 0.717) is 23.6 Å². The molecule has 0 radical (unpaired) electrons. The van der Waals surface area contributed by atoms with Crippen LogP contribution in [-0.4, -0.2) is 14.3 Å². The molecule has 8 heteroatoms. The second-order valence-electron chi connectivity index (χ2n) is 7.69. The van der Waals surface area contributed by atoms with Gasteiger partial charge in [-0.1, -0.05) is 54.6 Å². The fraction of sp³-hybridized carbons (Fsp3) is 0.0370. The minimum Gasteiger partial charge on any atom is -0.489 e. The van der Waals surface area contributed by atoms with Gasteiger partial charge in [0.15, 0.2) is 0 Å². The van der Waals surface area contributed by atoms with E-state index in [-0.39, 0.29) is 10.5 Å². The minimum atomic E-state index is -3.83. The van der Waals surface area contributed by atoms with E-state index in [9.17, 15) is 18.5 Å². The standard InChI is InChI=1S/C27H21N3O4S/c28-17-22(27(31)30-23-10-14-25(15-11-23)35(29,32)33)16-19-8-12-24(13-9-19)34-18-21-6-3-5-20-4-1-2-7-26(20)21/h1-16H,18H2,(H,30,31)(H2,29,32,33)/b22-16-. The molecule has 0 aliphatic rings. The minimum absolute atomic E-state index is 0.0747. The number of anilines is 1. The number of carbonyl (C=O) groups excluding carboxylic acids is 1. The van der Waals surface area contributed by atoms with Crippen LogP contribution < -0.4 is 15.2 Å². The van der Waals surface area contributed by atoms with Crippen molar-refractivity contribution in [3.63, 3.8) is 0 Å². The molecule has 0 heterocycles. The summed E-state index contributed by atoms with van der Waals surface area (Å²) in [6, 6.07) is 28.5. The number of ether oxygens (including phenoxy) is 1. The maximum Gasteiger partial charge on any atom is 0.266 e. The molecule has 7 nitrogen and oxygen atoms in total. The summed E-state index contributed by atoms with van der Waals surface area (Å²) in [5, 5.41) is 19.4. The van der Waals surface area contributed by atoms with Crippen molar-refractivity contribution in [1.82, 2.24) is 0 Å². The van der Waals surface area contributed by atoms with E-state index in [0.717, 1.165) is 16.3 Å². The molecule has 4 aromatic rings. The number of hydrogen-bond donors (Lipinski definition) is 2. The summed E-state index contributed by atoms with van der Waals surface area (Å²) >= 11 is 0. The van der Waals surface area contributed by atoms with Crippen molar-refractivity contribution in [3.8, 4) is 11.8 Å².